The van der Waals surface area contributed by atoms with Gasteiger partial charge in [-0.15, -0.1) is 11.3 Å². The third kappa shape index (κ3) is 3.75. The third-order valence-corrected chi connectivity index (χ3v) is 3.44. The van der Waals surface area contributed by atoms with Crippen LogP contribution in [0.2, 0.25) is 0 Å². The van der Waals surface area contributed by atoms with Crippen LogP contribution in [0.4, 0.5) is 5.69 Å². The second kappa shape index (κ2) is 5.79. The lowest BCUT2D eigenvalue weighted by molar-refractivity contribution is -0.119. The van der Waals surface area contributed by atoms with Crippen molar-refractivity contribution in [3.8, 4) is 0 Å². The highest BCUT2D eigenvalue weighted by atomic mass is 32.1. The Morgan fingerprint density at radius 1 is 1.37 bits per heavy atom. The summed E-state index contributed by atoms with van der Waals surface area (Å²) < 4.78 is 1.05. The number of benzene rings is 1. The van der Waals surface area contributed by atoms with Gasteiger partial charge in [0, 0.05) is 25.6 Å². The number of thiazole rings is 1. The first-order valence-corrected chi connectivity index (χ1v) is 6.78. The van der Waals surface area contributed by atoms with E-state index in [2.05, 4.69) is 15.6 Å². The average Bonchev–Trinajstić information content (AvgIpc) is 2.67. The molecule has 0 saturated carbocycles. The number of aromatic nitrogens is 1. The summed E-state index contributed by atoms with van der Waals surface area (Å²) in [7, 11) is 0. The zero-order valence-corrected chi connectivity index (χ0v) is 11.6. The van der Waals surface area contributed by atoms with Gasteiger partial charge in [0.1, 0.15) is 0 Å². The standard InChI is InChI=1S/C13H15N3O2S/c1-8(17)14-6-5-13(18)16-10-3-4-11-12(7-10)19-9(2)15-11/h3-4,7H,5-6H2,1-2H3,(H,14,17)(H,16,18). The van der Waals surface area contributed by atoms with Crippen LogP contribution in [0.1, 0.15) is 18.4 Å². The highest BCUT2D eigenvalue weighted by molar-refractivity contribution is 7.18. The molecule has 1 aromatic carbocycles. The highest BCUT2D eigenvalue weighted by Crippen LogP contribution is 2.24. The molecule has 0 spiro atoms. The largest absolute Gasteiger partial charge is 0.356 e. The Labute approximate surface area is 115 Å². The van der Waals surface area contributed by atoms with Crippen molar-refractivity contribution in [2.75, 3.05) is 11.9 Å². The molecule has 6 heteroatoms. The van der Waals surface area contributed by atoms with Gasteiger partial charge in [0.25, 0.3) is 0 Å². The van der Waals surface area contributed by atoms with E-state index in [4.69, 9.17) is 0 Å². The SMILES string of the molecule is CC(=O)NCCC(=O)Nc1ccc2nc(C)sc2c1. The van der Waals surface area contributed by atoms with E-state index in [1.165, 1.54) is 6.92 Å². The molecular formula is C13H15N3O2S. The fourth-order valence-corrected chi connectivity index (χ4v) is 2.56. The lowest BCUT2D eigenvalue weighted by atomic mass is 10.3. The van der Waals surface area contributed by atoms with Gasteiger partial charge in [-0.25, -0.2) is 4.98 Å². The monoisotopic (exact) mass is 277 g/mol. The highest BCUT2D eigenvalue weighted by Gasteiger charge is 2.05. The minimum absolute atomic E-state index is 0.116. The zero-order chi connectivity index (χ0) is 13.8. The molecule has 19 heavy (non-hydrogen) atoms. The molecule has 0 aliphatic heterocycles. The number of carbonyl (C=O) groups is 2. The molecule has 0 aliphatic carbocycles. The quantitative estimate of drug-likeness (QED) is 0.898. The van der Waals surface area contributed by atoms with Gasteiger partial charge in [-0.05, 0) is 25.1 Å². The molecule has 1 heterocycles. The summed E-state index contributed by atoms with van der Waals surface area (Å²) in [4.78, 5) is 26.7. The molecule has 100 valence electrons. The van der Waals surface area contributed by atoms with Crippen molar-refractivity contribution in [3.05, 3.63) is 23.2 Å². The first-order valence-electron chi connectivity index (χ1n) is 5.96. The summed E-state index contributed by atoms with van der Waals surface area (Å²) in [6, 6.07) is 5.64. The predicted octanol–water partition coefficient (Wildman–Crippen LogP) is 2.07. The fourth-order valence-electron chi connectivity index (χ4n) is 1.69. The molecule has 1 aromatic heterocycles. The Morgan fingerprint density at radius 2 is 2.16 bits per heavy atom. The molecular weight excluding hydrogens is 262 g/mol. The number of fused-ring (bicyclic) bond motifs is 1. The van der Waals surface area contributed by atoms with Gasteiger partial charge < -0.3 is 10.6 Å². The van der Waals surface area contributed by atoms with Crippen molar-refractivity contribution < 1.29 is 9.59 Å². The number of nitrogens with one attached hydrogen (secondary N) is 2. The molecule has 5 nitrogen and oxygen atoms in total. The fraction of sp³-hybridized carbons (Fsp3) is 0.308. The summed E-state index contributed by atoms with van der Waals surface area (Å²) in [6.07, 6.45) is 0.263. The third-order valence-electron chi connectivity index (χ3n) is 2.51. The minimum Gasteiger partial charge on any atom is -0.356 e. The lowest BCUT2D eigenvalue weighted by Crippen LogP contribution is -2.25. The number of rotatable bonds is 4. The van der Waals surface area contributed by atoms with Crippen molar-refractivity contribution >= 4 is 39.1 Å². The van der Waals surface area contributed by atoms with E-state index in [0.717, 1.165) is 20.9 Å². The smallest absolute Gasteiger partial charge is 0.226 e. The maximum Gasteiger partial charge on any atom is 0.226 e. The predicted molar refractivity (Wildman–Crippen MR) is 76.3 cm³/mol. The van der Waals surface area contributed by atoms with Crippen molar-refractivity contribution in [1.29, 1.82) is 0 Å². The Bertz CT molecular complexity index is 621. The molecule has 0 saturated heterocycles. The number of aryl methyl sites for hydroxylation is 1. The molecule has 0 atom stereocenters. The molecule has 0 aliphatic rings. The lowest BCUT2D eigenvalue weighted by Gasteiger charge is -2.05. The van der Waals surface area contributed by atoms with Crippen LogP contribution in [0.5, 0.6) is 0 Å². The van der Waals surface area contributed by atoms with Gasteiger partial charge >= 0.3 is 0 Å². The summed E-state index contributed by atoms with van der Waals surface area (Å²) in [5, 5.41) is 6.40. The number of nitrogens with zero attached hydrogens (tertiary/aromatic N) is 1. The average molecular weight is 277 g/mol. The number of hydrogen-bond acceptors (Lipinski definition) is 4. The summed E-state index contributed by atoms with van der Waals surface area (Å²) in [5.74, 6) is -0.247. The van der Waals surface area contributed by atoms with E-state index in [9.17, 15) is 9.59 Å². The van der Waals surface area contributed by atoms with Gasteiger partial charge in [-0.2, -0.15) is 0 Å². The Morgan fingerprint density at radius 3 is 2.89 bits per heavy atom. The van der Waals surface area contributed by atoms with Crippen LogP contribution in [0, 0.1) is 6.92 Å². The number of carbonyl (C=O) groups excluding carboxylic acids is 2. The van der Waals surface area contributed by atoms with Gasteiger partial charge in [0.2, 0.25) is 11.8 Å². The molecule has 2 aromatic rings. The van der Waals surface area contributed by atoms with Crippen molar-refractivity contribution in [1.82, 2.24) is 10.3 Å². The normalized spacial score (nSPS) is 10.4. The Kier molecular flexibility index (Phi) is 4.11. The van der Waals surface area contributed by atoms with Crippen molar-refractivity contribution in [3.63, 3.8) is 0 Å². The van der Waals surface area contributed by atoms with Crippen LogP contribution in [0.25, 0.3) is 10.2 Å². The van der Waals surface area contributed by atoms with Crippen LogP contribution >= 0.6 is 11.3 Å². The van der Waals surface area contributed by atoms with E-state index in [1.807, 2.05) is 25.1 Å². The van der Waals surface area contributed by atoms with Crippen LogP contribution in [-0.4, -0.2) is 23.3 Å². The number of anilines is 1. The van der Waals surface area contributed by atoms with E-state index in [0.29, 0.717) is 6.54 Å². The topological polar surface area (TPSA) is 71.1 Å². The van der Waals surface area contributed by atoms with Gasteiger partial charge in [0.05, 0.1) is 15.2 Å². The minimum atomic E-state index is -0.130. The molecule has 2 N–H and O–H groups in total. The molecule has 2 amide bonds. The molecule has 0 radical (unpaired) electrons. The second-order valence-electron chi connectivity index (χ2n) is 4.20. The Balaban J connectivity index is 1.96. The molecule has 2 rings (SSSR count). The van der Waals surface area contributed by atoms with Gasteiger partial charge in [-0.1, -0.05) is 0 Å². The number of hydrogen-bond donors (Lipinski definition) is 2. The second-order valence-corrected chi connectivity index (χ2v) is 5.43. The summed E-state index contributed by atoms with van der Waals surface area (Å²) in [5.41, 5.74) is 1.70. The first-order chi connectivity index (χ1) is 9.04. The molecule has 0 fully saturated rings. The molecule has 0 bridgehead atoms. The van der Waals surface area contributed by atoms with E-state index >= 15 is 0 Å². The van der Waals surface area contributed by atoms with Crippen LogP contribution < -0.4 is 10.6 Å². The van der Waals surface area contributed by atoms with Crippen molar-refractivity contribution in [2.24, 2.45) is 0 Å². The zero-order valence-electron chi connectivity index (χ0n) is 10.8. The van der Waals surface area contributed by atoms with Crippen LogP contribution in [-0.2, 0) is 9.59 Å². The van der Waals surface area contributed by atoms with Gasteiger partial charge in [0.15, 0.2) is 0 Å². The number of amides is 2. The Hall–Kier alpha value is -1.95. The van der Waals surface area contributed by atoms with Crippen LogP contribution in [0.3, 0.4) is 0 Å². The summed E-state index contributed by atoms with van der Waals surface area (Å²) in [6.45, 7) is 3.73. The maximum absolute atomic E-state index is 11.7. The van der Waals surface area contributed by atoms with Gasteiger partial charge in [-0.3, -0.25) is 9.59 Å². The summed E-state index contributed by atoms with van der Waals surface area (Å²) >= 11 is 1.60. The van der Waals surface area contributed by atoms with Crippen molar-refractivity contribution in [2.45, 2.75) is 20.3 Å². The van der Waals surface area contributed by atoms with E-state index < -0.39 is 0 Å². The first kappa shape index (κ1) is 13.5. The maximum atomic E-state index is 11.7. The van der Waals surface area contributed by atoms with E-state index in [-0.39, 0.29) is 18.2 Å². The molecule has 0 unspecified atom stereocenters. The van der Waals surface area contributed by atoms with E-state index in [1.54, 1.807) is 11.3 Å². The van der Waals surface area contributed by atoms with Crippen LogP contribution in [0.15, 0.2) is 18.2 Å².